The molecule has 1 saturated heterocycles. The summed E-state index contributed by atoms with van der Waals surface area (Å²) < 4.78 is 5.39. The lowest BCUT2D eigenvalue weighted by Gasteiger charge is -2.26. The minimum Gasteiger partial charge on any atom is -0.379 e. The number of likely N-dealkylation sites (N-methyl/N-ethyl adjacent to an activating group) is 1. The highest BCUT2D eigenvalue weighted by Crippen LogP contribution is 2.16. The number of benzene rings is 1. The molecule has 1 heterocycles. The fraction of sp³-hybridized carbons (Fsp3) is 0.619. The largest absolute Gasteiger partial charge is 0.379 e. The second kappa shape index (κ2) is 11.7. The molecule has 1 unspecified atom stereocenters. The lowest BCUT2D eigenvalue weighted by Crippen LogP contribution is -2.42. The van der Waals surface area contributed by atoms with Crippen LogP contribution in [-0.4, -0.2) is 81.7 Å². The summed E-state index contributed by atoms with van der Waals surface area (Å²) in [6.45, 7) is 9.84. The molecule has 7 heteroatoms. The highest BCUT2D eigenvalue weighted by molar-refractivity contribution is 5.85. The van der Waals surface area contributed by atoms with Crippen molar-refractivity contribution in [3.8, 4) is 0 Å². The van der Waals surface area contributed by atoms with Crippen LogP contribution in [0.2, 0.25) is 0 Å². The van der Waals surface area contributed by atoms with Gasteiger partial charge in [0.25, 0.3) is 0 Å². The average molecular weight is 390 g/mol. The molecule has 0 saturated carbocycles. The number of hydrogen-bond donors (Lipinski definition) is 2. The van der Waals surface area contributed by atoms with Gasteiger partial charge in [-0.1, -0.05) is 24.3 Å². The van der Waals surface area contributed by atoms with Gasteiger partial charge >= 0.3 is 0 Å². The first-order valence-corrected chi connectivity index (χ1v) is 10.1. The van der Waals surface area contributed by atoms with Crippen LogP contribution in [0.1, 0.15) is 30.5 Å². The van der Waals surface area contributed by atoms with Crippen molar-refractivity contribution < 1.29 is 9.53 Å². The van der Waals surface area contributed by atoms with Crippen molar-refractivity contribution in [1.29, 1.82) is 0 Å². The number of aliphatic imine (C=N–C) groups is 1. The molecule has 1 aromatic rings. The standard InChI is InChI=1S/C21H35N5O2/c1-17-8-5-6-9-19(17)18(2)24-21(23-16-20(27)25(3)4)22-10-7-11-26-12-14-28-15-13-26/h5-6,8-9,18H,7,10-16H2,1-4H3,(H2,22,23,24). The normalized spacial score (nSPS) is 16.5. The second-order valence-electron chi connectivity index (χ2n) is 7.41. The van der Waals surface area contributed by atoms with Crippen LogP contribution in [0, 0.1) is 6.92 Å². The number of morpholine rings is 1. The number of nitrogens with zero attached hydrogens (tertiary/aromatic N) is 3. The fourth-order valence-corrected chi connectivity index (χ4v) is 3.13. The van der Waals surface area contributed by atoms with Crippen LogP contribution in [0.5, 0.6) is 0 Å². The maximum absolute atomic E-state index is 11.9. The lowest BCUT2D eigenvalue weighted by atomic mass is 10.0. The summed E-state index contributed by atoms with van der Waals surface area (Å²) in [5.74, 6) is 0.658. The Kier molecular flexibility index (Phi) is 9.23. The maximum Gasteiger partial charge on any atom is 0.243 e. The Balaban J connectivity index is 1.91. The predicted molar refractivity (Wildman–Crippen MR) is 114 cm³/mol. The third kappa shape index (κ3) is 7.48. The van der Waals surface area contributed by atoms with Crippen molar-refractivity contribution in [2.24, 2.45) is 4.99 Å². The fourth-order valence-electron chi connectivity index (χ4n) is 3.13. The average Bonchev–Trinajstić information content (AvgIpc) is 2.69. The molecular weight excluding hydrogens is 354 g/mol. The molecule has 1 atom stereocenters. The molecule has 0 aliphatic carbocycles. The molecule has 0 aromatic heterocycles. The van der Waals surface area contributed by atoms with Gasteiger partial charge in [0, 0.05) is 33.7 Å². The molecule has 1 amide bonds. The number of aryl methyl sites for hydroxylation is 1. The molecule has 2 N–H and O–H groups in total. The third-order valence-electron chi connectivity index (χ3n) is 4.93. The number of ether oxygens (including phenoxy) is 1. The van der Waals surface area contributed by atoms with Gasteiger partial charge < -0.3 is 20.3 Å². The predicted octanol–water partition coefficient (Wildman–Crippen LogP) is 1.40. The smallest absolute Gasteiger partial charge is 0.243 e. The summed E-state index contributed by atoms with van der Waals surface area (Å²) in [6, 6.07) is 8.41. The molecule has 0 radical (unpaired) electrons. The van der Waals surface area contributed by atoms with Gasteiger partial charge in [-0.25, -0.2) is 4.99 Å². The number of rotatable bonds is 8. The van der Waals surface area contributed by atoms with Crippen molar-refractivity contribution in [2.45, 2.75) is 26.3 Å². The van der Waals surface area contributed by atoms with Gasteiger partial charge in [0.05, 0.1) is 19.3 Å². The van der Waals surface area contributed by atoms with E-state index in [4.69, 9.17) is 4.74 Å². The minimum absolute atomic E-state index is 0.0158. The van der Waals surface area contributed by atoms with Gasteiger partial charge in [0.1, 0.15) is 6.54 Å². The number of carbonyl (C=O) groups excluding carboxylic acids is 1. The number of nitrogens with one attached hydrogen (secondary N) is 2. The number of guanidine groups is 1. The van der Waals surface area contributed by atoms with Crippen molar-refractivity contribution in [2.75, 3.05) is 60.0 Å². The van der Waals surface area contributed by atoms with Crippen molar-refractivity contribution in [1.82, 2.24) is 20.4 Å². The quantitative estimate of drug-likeness (QED) is 0.400. The Morgan fingerprint density at radius 2 is 2.00 bits per heavy atom. The topological polar surface area (TPSA) is 69.2 Å². The summed E-state index contributed by atoms with van der Waals surface area (Å²) in [5.41, 5.74) is 2.46. The number of carbonyl (C=O) groups is 1. The monoisotopic (exact) mass is 389 g/mol. The SMILES string of the molecule is Cc1ccccc1C(C)NC(=NCC(=O)N(C)C)NCCCN1CCOCC1. The van der Waals surface area contributed by atoms with Crippen LogP contribution in [0.3, 0.4) is 0 Å². The summed E-state index contributed by atoms with van der Waals surface area (Å²) in [5, 5.41) is 6.83. The molecule has 156 valence electrons. The van der Waals surface area contributed by atoms with E-state index in [9.17, 15) is 4.79 Å². The molecule has 7 nitrogen and oxygen atoms in total. The van der Waals surface area contributed by atoms with Gasteiger partial charge in [-0.2, -0.15) is 0 Å². The first kappa shape index (κ1) is 22.2. The van der Waals surface area contributed by atoms with E-state index in [1.807, 2.05) is 12.1 Å². The first-order chi connectivity index (χ1) is 13.5. The van der Waals surface area contributed by atoms with Gasteiger partial charge in [-0.05, 0) is 37.9 Å². The zero-order valence-corrected chi connectivity index (χ0v) is 17.7. The van der Waals surface area contributed by atoms with Crippen LogP contribution in [0.4, 0.5) is 0 Å². The van der Waals surface area contributed by atoms with Crippen molar-refractivity contribution >= 4 is 11.9 Å². The van der Waals surface area contributed by atoms with Crippen LogP contribution in [0.15, 0.2) is 29.3 Å². The summed E-state index contributed by atoms with van der Waals surface area (Å²) in [6.07, 6.45) is 1.01. The van der Waals surface area contributed by atoms with E-state index >= 15 is 0 Å². The highest BCUT2D eigenvalue weighted by Gasteiger charge is 2.12. The summed E-state index contributed by atoms with van der Waals surface area (Å²) >= 11 is 0. The number of hydrogen-bond acceptors (Lipinski definition) is 4. The van der Waals surface area contributed by atoms with Gasteiger partial charge in [0.2, 0.25) is 5.91 Å². The molecule has 1 aliphatic heterocycles. The van der Waals surface area contributed by atoms with E-state index in [1.165, 1.54) is 11.1 Å². The molecule has 28 heavy (non-hydrogen) atoms. The van der Waals surface area contributed by atoms with E-state index in [0.29, 0.717) is 5.96 Å². The van der Waals surface area contributed by atoms with E-state index < -0.39 is 0 Å². The van der Waals surface area contributed by atoms with E-state index in [-0.39, 0.29) is 18.5 Å². The van der Waals surface area contributed by atoms with E-state index in [1.54, 1.807) is 19.0 Å². The molecule has 0 bridgehead atoms. The summed E-state index contributed by atoms with van der Waals surface area (Å²) in [4.78, 5) is 20.4. The highest BCUT2D eigenvalue weighted by atomic mass is 16.5. The lowest BCUT2D eigenvalue weighted by molar-refractivity contribution is -0.127. The van der Waals surface area contributed by atoms with Gasteiger partial charge in [0.15, 0.2) is 5.96 Å². The van der Waals surface area contributed by atoms with Crippen LogP contribution >= 0.6 is 0 Å². The van der Waals surface area contributed by atoms with Crippen LogP contribution in [0.25, 0.3) is 0 Å². The molecule has 2 rings (SSSR count). The minimum atomic E-state index is -0.0158. The second-order valence-corrected chi connectivity index (χ2v) is 7.41. The Morgan fingerprint density at radius 1 is 1.29 bits per heavy atom. The number of amides is 1. The molecule has 1 aliphatic rings. The Bertz CT molecular complexity index is 641. The van der Waals surface area contributed by atoms with Gasteiger partial charge in [-0.15, -0.1) is 0 Å². The third-order valence-corrected chi connectivity index (χ3v) is 4.93. The Hall–Kier alpha value is -2.12. The molecule has 1 aromatic carbocycles. The zero-order valence-electron chi connectivity index (χ0n) is 17.7. The van der Waals surface area contributed by atoms with Crippen LogP contribution < -0.4 is 10.6 Å². The first-order valence-electron chi connectivity index (χ1n) is 10.1. The van der Waals surface area contributed by atoms with E-state index in [2.05, 4.69) is 46.5 Å². The molecule has 0 spiro atoms. The van der Waals surface area contributed by atoms with Crippen molar-refractivity contribution in [3.05, 3.63) is 35.4 Å². The molecular formula is C21H35N5O2. The maximum atomic E-state index is 11.9. The zero-order chi connectivity index (χ0) is 20.4. The van der Waals surface area contributed by atoms with Crippen LogP contribution in [-0.2, 0) is 9.53 Å². The Morgan fingerprint density at radius 3 is 2.68 bits per heavy atom. The van der Waals surface area contributed by atoms with Gasteiger partial charge in [-0.3, -0.25) is 9.69 Å². The summed E-state index contributed by atoms with van der Waals surface area (Å²) in [7, 11) is 3.49. The van der Waals surface area contributed by atoms with E-state index in [0.717, 1.165) is 45.8 Å². The molecule has 1 fully saturated rings. The van der Waals surface area contributed by atoms with Crippen molar-refractivity contribution in [3.63, 3.8) is 0 Å². The Labute approximate surface area is 169 Å².